The Morgan fingerprint density at radius 2 is 2.00 bits per heavy atom. The Morgan fingerprint density at radius 1 is 1.22 bits per heavy atom. The molecule has 0 amide bonds. The predicted octanol–water partition coefficient (Wildman–Crippen LogP) is 2.53. The highest BCUT2D eigenvalue weighted by Gasteiger charge is 2.02. The van der Waals surface area contributed by atoms with Crippen molar-refractivity contribution in [3.63, 3.8) is 0 Å². The smallest absolute Gasteiger partial charge is 0.212 e. The van der Waals surface area contributed by atoms with Crippen LogP contribution in [0.25, 0.3) is 0 Å². The van der Waals surface area contributed by atoms with E-state index >= 15 is 0 Å². The first-order chi connectivity index (χ1) is 11.1. The monoisotopic (exact) mass is 330 g/mol. The summed E-state index contributed by atoms with van der Waals surface area (Å²) in [4.78, 5) is 8.27. The first-order valence-electron chi connectivity index (χ1n) is 7.53. The maximum Gasteiger partial charge on any atom is 0.212 e. The summed E-state index contributed by atoms with van der Waals surface area (Å²) in [6.45, 7) is 0.702. The van der Waals surface area contributed by atoms with Crippen molar-refractivity contribution in [1.29, 1.82) is 5.41 Å². The summed E-state index contributed by atoms with van der Waals surface area (Å²) in [5.41, 5.74) is 12.8. The minimum atomic E-state index is 0.0313. The van der Waals surface area contributed by atoms with Crippen LogP contribution < -0.4 is 16.8 Å². The van der Waals surface area contributed by atoms with Crippen LogP contribution in [0.5, 0.6) is 0 Å². The van der Waals surface area contributed by atoms with Gasteiger partial charge in [0.15, 0.2) is 5.96 Å². The van der Waals surface area contributed by atoms with Crippen molar-refractivity contribution in [1.82, 2.24) is 10.3 Å². The Morgan fingerprint density at radius 3 is 2.74 bits per heavy atom. The molecule has 7 heteroatoms. The van der Waals surface area contributed by atoms with Crippen molar-refractivity contribution in [3.05, 3.63) is 47.0 Å². The number of amidine groups is 1. The van der Waals surface area contributed by atoms with E-state index in [-0.39, 0.29) is 5.96 Å². The normalized spacial score (nSPS) is 10.3. The van der Waals surface area contributed by atoms with Crippen LogP contribution >= 0.6 is 11.3 Å². The maximum absolute atomic E-state index is 7.93. The molecule has 0 atom stereocenters. The number of aryl methyl sites for hydroxylation is 1. The SMILES string of the molecule is N=C(CCCCc1csc(N=C(N)N)n1)NCc1ccccc1. The van der Waals surface area contributed by atoms with Crippen LogP contribution in [0.1, 0.15) is 30.5 Å². The van der Waals surface area contributed by atoms with Gasteiger partial charge in [-0.3, -0.25) is 5.41 Å². The number of hydrogen-bond acceptors (Lipinski definition) is 4. The summed E-state index contributed by atoms with van der Waals surface area (Å²) < 4.78 is 0. The molecule has 23 heavy (non-hydrogen) atoms. The number of thiazole rings is 1. The van der Waals surface area contributed by atoms with Gasteiger partial charge in [-0.05, 0) is 24.8 Å². The van der Waals surface area contributed by atoms with Gasteiger partial charge >= 0.3 is 0 Å². The second kappa shape index (κ2) is 8.89. The molecule has 0 saturated carbocycles. The zero-order valence-electron chi connectivity index (χ0n) is 13.0. The van der Waals surface area contributed by atoms with Gasteiger partial charge in [0.2, 0.25) is 5.13 Å². The summed E-state index contributed by atoms with van der Waals surface area (Å²) >= 11 is 1.43. The third-order valence-corrected chi connectivity index (χ3v) is 4.01. The average Bonchev–Trinajstić information content (AvgIpc) is 2.97. The zero-order chi connectivity index (χ0) is 16.5. The minimum absolute atomic E-state index is 0.0313. The lowest BCUT2D eigenvalue weighted by Crippen LogP contribution is -2.21. The number of aromatic nitrogens is 1. The summed E-state index contributed by atoms with van der Waals surface area (Å²) in [7, 11) is 0. The molecule has 0 saturated heterocycles. The quantitative estimate of drug-likeness (QED) is 0.338. The van der Waals surface area contributed by atoms with Crippen LogP contribution in [0.3, 0.4) is 0 Å². The fraction of sp³-hybridized carbons (Fsp3) is 0.312. The van der Waals surface area contributed by atoms with Crippen molar-refractivity contribution < 1.29 is 0 Å². The van der Waals surface area contributed by atoms with Crippen LogP contribution in [0.15, 0.2) is 40.7 Å². The van der Waals surface area contributed by atoms with Gasteiger partial charge in [0.1, 0.15) is 0 Å². The van der Waals surface area contributed by atoms with Crippen LogP contribution in [0, 0.1) is 5.41 Å². The van der Waals surface area contributed by atoms with E-state index in [0.717, 1.165) is 31.4 Å². The molecule has 1 aromatic carbocycles. The Kier molecular flexibility index (Phi) is 6.56. The van der Waals surface area contributed by atoms with Gasteiger partial charge in [-0.15, -0.1) is 11.3 Å². The van der Waals surface area contributed by atoms with Crippen molar-refractivity contribution in [3.8, 4) is 0 Å². The molecule has 1 aromatic heterocycles. The molecule has 6 nitrogen and oxygen atoms in total. The van der Waals surface area contributed by atoms with E-state index in [4.69, 9.17) is 16.9 Å². The Balaban J connectivity index is 1.62. The highest BCUT2D eigenvalue weighted by atomic mass is 32.1. The molecule has 0 aliphatic rings. The predicted molar refractivity (Wildman–Crippen MR) is 96.1 cm³/mol. The summed E-state index contributed by atoms with van der Waals surface area (Å²) in [5.74, 6) is 0.608. The molecule has 0 aliphatic heterocycles. The highest BCUT2D eigenvalue weighted by molar-refractivity contribution is 7.13. The van der Waals surface area contributed by atoms with Crippen LogP contribution in [0.2, 0.25) is 0 Å². The third kappa shape index (κ3) is 6.48. The van der Waals surface area contributed by atoms with Gasteiger partial charge in [0.05, 0.1) is 11.5 Å². The standard InChI is InChI=1S/C16H22N6S/c17-14(20-10-12-6-2-1-3-7-12)9-5-4-8-13-11-23-16(21-13)22-15(18)19/h1-3,6-7,11H,4-5,8-10H2,(H2,17,20)(H4,18,19,21,22). The molecule has 0 bridgehead atoms. The second-order valence-electron chi connectivity index (χ2n) is 5.18. The van der Waals surface area contributed by atoms with Gasteiger partial charge in [0, 0.05) is 18.3 Å². The number of nitrogens with zero attached hydrogens (tertiary/aromatic N) is 2. The van der Waals surface area contributed by atoms with E-state index in [0.29, 0.717) is 17.5 Å². The maximum atomic E-state index is 7.93. The lowest BCUT2D eigenvalue weighted by atomic mass is 10.1. The lowest BCUT2D eigenvalue weighted by Gasteiger charge is -2.07. The van der Waals surface area contributed by atoms with E-state index in [1.165, 1.54) is 16.9 Å². The largest absolute Gasteiger partial charge is 0.370 e. The van der Waals surface area contributed by atoms with Crippen LogP contribution in [-0.4, -0.2) is 16.8 Å². The van der Waals surface area contributed by atoms with Gasteiger partial charge in [-0.25, -0.2) is 4.98 Å². The van der Waals surface area contributed by atoms with Crippen molar-refractivity contribution in [2.24, 2.45) is 16.5 Å². The highest BCUT2D eigenvalue weighted by Crippen LogP contribution is 2.19. The number of aliphatic imine (C=N–C) groups is 1. The van der Waals surface area contributed by atoms with Crippen molar-refractivity contribution in [2.45, 2.75) is 32.2 Å². The number of nitrogens with two attached hydrogens (primary N) is 2. The Labute approximate surface area is 140 Å². The first kappa shape index (κ1) is 17.0. The molecular formula is C16H22N6S. The number of hydrogen-bond donors (Lipinski definition) is 4. The van der Waals surface area contributed by atoms with E-state index < -0.39 is 0 Å². The fourth-order valence-corrected chi connectivity index (χ4v) is 2.81. The van der Waals surface area contributed by atoms with E-state index in [2.05, 4.69) is 27.4 Å². The van der Waals surface area contributed by atoms with E-state index in [1.54, 1.807) is 0 Å². The molecule has 1 heterocycles. The Hall–Kier alpha value is -2.41. The van der Waals surface area contributed by atoms with Gasteiger partial charge in [-0.2, -0.15) is 4.99 Å². The van der Waals surface area contributed by atoms with Gasteiger partial charge in [0.25, 0.3) is 0 Å². The summed E-state index contributed by atoms with van der Waals surface area (Å²) in [6, 6.07) is 10.1. The molecule has 122 valence electrons. The Bertz CT molecular complexity index is 646. The number of rotatable bonds is 8. The fourth-order valence-electron chi connectivity index (χ4n) is 2.07. The summed E-state index contributed by atoms with van der Waals surface area (Å²) in [5, 5.41) is 13.6. The average molecular weight is 330 g/mol. The summed E-state index contributed by atoms with van der Waals surface area (Å²) in [6.07, 6.45) is 3.57. The van der Waals surface area contributed by atoms with Crippen LogP contribution in [0.4, 0.5) is 5.13 Å². The van der Waals surface area contributed by atoms with E-state index in [9.17, 15) is 0 Å². The van der Waals surface area contributed by atoms with Crippen molar-refractivity contribution in [2.75, 3.05) is 0 Å². The topological polar surface area (TPSA) is 113 Å². The zero-order valence-corrected chi connectivity index (χ0v) is 13.8. The third-order valence-electron chi connectivity index (χ3n) is 3.22. The molecule has 0 fully saturated rings. The van der Waals surface area contributed by atoms with Gasteiger partial charge < -0.3 is 16.8 Å². The number of unbranched alkanes of at least 4 members (excludes halogenated alkanes) is 1. The lowest BCUT2D eigenvalue weighted by molar-refractivity contribution is 0.731. The molecule has 0 spiro atoms. The molecular weight excluding hydrogens is 308 g/mol. The molecule has 2 aromatic rings. The first-order valence-corrected chi connectivity index (χ1v) is 8.40. The molecule has 0 unspecified atom stereocenters. The van der Waals surface area contributed by atoms with Crippen molar-refractivity contribution >= 4 is 28.3 Å². The minimum Gasteiger partial charge on any atom is -0.370 e. The molecule has 6 N–H and O–H groups in total. The molecule has 0 radical (unpaired) electrons. The van der Waals surface area contributed by atoms with Crippen LogP contribution in [-0.2, 0) is 13.0 Å². The number of nitrogens with one attached hydrogen (secondary N) is 2. The number of guanidine groups is 1. The second-order valence-corrected chi connectivity index (χ2v) is 6.02. The van der Waals surface area contributed by atoms with Gasteiger partial charge in [-0.1, -0.05) is 30.3 Å². The molecule has 0 aliphatic carbocycles. The molecule has 2 rings (SSSR count). The van der Waals surface area contributed by atoms with E-state index in [1.807, 2.05) is 23.6 Å². The number of benzene rings is 1.